The number of aryl methyl sites for hydroxylation is 1. The van der Waals surface area contributed by atoms with E-state index in [-0.39, 0.29) is 18.9 Å². The van der Waals surface area contributed by atoms with E-state index in [1.165, 1.54) is 17.7 Å². The predicted molar refractivity (Wildman–Crippen MR) is 116 cm³/mol. The molecule has 0 atom stereocenters. The topological polar surface area (TPSA) is 84.9 Å². The monoisotopic (exact) mass is 420 g/mol. The van der Waals surface area contributed by atoms with Crippen molar-refractivity contribution in [3.63, 3.8) is 0 Å². The first kappa shape index (κ1) is 22.5. The van der Waals surface area contributed by atoms with Gasteiger partial charge in [0, 0.05) is 19.0 Å². The van der Waals surface area contributed by atoms with Crippen molar-refractivity contribution < 1.29 is 22.7 Å². The summed E-state index contributed by atoms with van der Waals surface area (Å²) in [5.74, 6) is 0.887. The van der Waals surface area contributed by atoms with Gasteiger partial charge in [0.25, 0.3) is 0 Å². The number of nitrogens with one attached hydrogen (secondary N) is 1. The van der Waals surface area contributed by atoms with Crippen LogP contribution < -0.4 is 19.1 Å². The zero-order chi connectivity index (χ0) is 21.6. The molecule has 0 saturated heterocycles. The molecule has 0 bridgehead atoms. The summed E-state index contributed by atoms with van der Waals surface area (Å²) in [5.41, 5.74) is 3.07. The summed E-state index contributed by atoms with van der Waals surface area (Å²) in [6.07, 6.45) is 1.71. The van der Waals surface area contributed by atoms with Gasteiger partial charge < -0.3 is 14.8 Å². The van der Waals surface area contributed by atoms with E-state index in [1.54, 1.807) is 31.4 Å². The first-order chi connectivity index (χ1) is 13.7. The fraction of sp³-hybridized carbons (Fsp3) is 0.381. The maximum atomic E-state index is 12.4. The largest absolute Gasteiger partial charge is 0.497 e. The van der Waals surface area contributed by atoms with Crippen LogP contribution >= 0.6 is 0 Å². The lowest BCUT2D eigenvalue weighted by atomic mass is 10.1. The molecule has 0 heterocycles. The Balaban J connectivity index is 2.07. The second-order valence-corrected chi connectivity index (χ2v) is 8.68. The van der Waals surface area contributed by atoms with Crippen LogP contribution in [0.4, 0.5) is 11.4 Å². The molecular formula is C21H28N2O5S. The standard InChI is InChI=1S/C21H28N2O5S/c1-15-8-6-9-19(16(15)2)23(29(5,25)26)13-7-10-21(24)22-18-14-17(27-3)11-12-20(18)28-4/h6,8-9,11-12,14H,7,10,13H2,1-5H3,(H,22,24). The van der Waals surface area contributed by atoms with Crippen LogP contribution in [0.1, 0.15) is 24.0 Å². The molecule has 0 spiro atoms. The van der Waals surface area contributed by atoms with Crippen LogP contribution in [-0.2, 0) is 14.8 Å². The quantitative estimate of drug-likeness (QED) is 0.671. The van der Waals surface area contributed by atoms with Gasteiger partial charge in [0.05, 0.1) is 31.9 Å². The maximum absolute atomic E-state index is 12.4. The Morgan fingerprint density at radius 1 is 1.10 bits per heavy atom. The van der Waals surface area contributed by atoms with E-state index in [2.05, 4.69) is 5.32 Å². The van der Waals surface area contributed by atoms with Gasteiger partial charge >= 0.3 is 0 Å². The number of carbonyl (C=O) groups is 1. The SMILES string of the molecule is COc1ccc(OC)c(NC(=O)CCCN(c2cccc(C)c2C)S(C)(=O)=O)c1. The summed E-state index contributed by atoms with van der Waals surface area (Å²) in [4.78, 5) is 12.4. The first-order valence-electron chi connectivity index (χ1n) is 9.23. The van der Waals surface area contributed by atoms with Crippen molar-refractivity contribution >= 4 is 27.3 Å². The Hall–Kier alpha value is -2.74. The van der Waals surface area contributed by atoms with Crippen LogP contribution in [0.2, 0.25) is 0 Å². The molecule has 0 saturated carbocycles. The molecule has 0 radical (unpaired) electrons. The number of amides is 1. The molecule has 0 aliphatic heterocycles. The maximum Gasteiger partial charge on any atom is 0.232 e. The minimum atomic E-state index is -3.47. The average Bonchev–Trinajstić information content (AvgIpc) is 2.67. The van der Waals surface area contributed by atoms with Gasteiger partial charge in [0.2, 0.25) is 15.9 Å². The number of methoxy groups -OCH3 is 2. The molecule has 29 heavy (non-hydrogen) atoms. The van der Waals surface area contributed by atoms with Gasteiger partial charge in [-0.15, -0.1) is 0 Å². The highest BCUT2D eigenvalue weighted by atomic mass is 32.2. The zero-order valence-electron chi connectivity index (χ0n) is 17.5. The molecule has 1 N–H and O–H groups in total. The van der Waals surface area contributed by atoms with E-state index >= 15 is 0 Å². The lowest BCUT2D eigenvalue weighted by molar-refractivity contribution is -0.116. The Morgan fingerprint density at radius 2 is 1.83 bits per heavy atom. The van der Waals surface area contributed by atoms with Gasteiger partial charge in [0.1, 0.15) is 11.5 Å². The summed E-state index contributed by atoms with van der Waals surface area (Å²) < 4.78 is 36.4. The van der Waals surface area contributed by atoms with Gasteiger partial charge in [0.15, 0.2) is 0 Å². The molecule has 0 aliphatic rings. The third-order valence-electron chi connectivity index (χ3n) is 4.69. The number of ether oxygens (including phenoxy) is 2. The Kier molecular flexibility index (Phi) is 7.50. The number of hydrogen-bond acceptors (Lipinski definition) is 5. The summed E-state index contributed by atoms with van der Waals surface area (Å²) >= 11 is 0. The molecule has 2 rings (SSSR count). The molecule has 158 valence electrons. The summed E-state index contributed by atoms with van der Waals surface area (Å²) in [5, 5.41) is 2.80. The number of benzene rings is 2. The van der Waals surface area contributed by atoms with Gasteiger partial charge in [-0.25, -0.2) is 8.42 Å². The Morgan fingerprint density at radius 3 is 2.45 bits per heavy atom. The minimum Gasteiger partial charge on any atom is -0.497 e. The lowest BCUT2D eigenvalue weighted by Crippen LogP contribution is -2.32. The molecule has 0 unspecified atom stereocenters. The van der Waals surface area contributed by atoms with Gasteiger partial charge in [-0.2, -0.15) is 0 Å². The van der Waals surface area contributed by atoms with Crippen LogP contribution in [0.15, 0.2) is 36.4 Å². The first-order valence-corrected chi connectivity index (χ1v) is 11.1. The molecule has 2 aromatic carbocycles. The fourth-order valence-electron chi connectivity index (χ4n) is 2.98. The van der Waals surface area contributed by atoms with Crippen molar-refractivity contribution in [1.82, 2.24) is 0 Å². The van der Waals surface area contributed by atoms with Crippen LogP contribution in [0.3, 0.4) is 0 Å². The van der Waals surface area contributed by atoms with Crippen LogP contribution in [0.25, 0.3) is 0 Å². The summed E-state index contributed by atoms with van der Waals surface area (Å²) in [6, 6.07) is 10.7. The molecule has 1 amide bonds. The highest BCUT2D eigenvalue weighted by molar-refractivity contribution is 7.92. The van der Waals surface area contributed by atoms with Gasteiger partial charge in [-0.05, 0) is 49.6 Å². The van der Waals surface area contributed by atoms with E-state index in [4.69, 9.17) is 9.47 Å². The van der Waals surface area contributed by atoms with E-state index in [9.17, 15) is 13.2 Å². The van der Waals surface area contributed by atoms with Gasteiger partial charge in [-0.1, -0.05) is 12.1 Å². The van der Waals surface area contributed by atoms with E-state index in [1.807, 2.05) is 26.0 Å². The highest BCUT2D eigenvalue weighted by Crippen LogP contribution is 2.29. The number of sulfonamides is 1. The summed E-state index contributed by atoms with van der Waals surface area (Å²) in [7, 11) is -0.407. The molecule has 8 heteroatoms. The molecule has 0 aliphatic carbocycles. The molecule has 7 nitrogen and oxygen atoms in total. The highest BCUT2D eigenvalue weighted by Gasteiger charge is 2.20. The number of rotatable bonds is 9. The van der Waals surface area contributed by atoms with E-state index in [0.29, 0.717) is 29.3 Å². The van der Waals surface area contributed by atoms with Crippen LogP contribution in [-0.4, -0.2) is 41.3 Å². The van der Waals surface area contributed by atoms with Crippen molar-refractivity contribution in [1.29, 1.82) is 0 Å². The van der Waals surface area contributed by atoms with Crippen molar-refractivity contribution in [3.05, 3.63) is 47.5 Å². The number of hydrogen-bond donors (Lipinski definition) is 1. The normalized spacial score (nSPS) is 11.1. The van der Waals surface area contributed by atoms with Crippen molar-refractivity contribution in [2.24, 2.45) is 0 Å². The van der Waals surface area contributed by atoms with E-state index < -0.39 is 10.0 Å². The predicted octanol–water partition coefficient (Wildman–Crippen LogP) is 3.51. The van der Waals surface area contributed by atoms with Crippen LogP contribution in [0.5, 0.6) is 11.5 Å². The minimum absolute atomic E-state index is 0.164. The molecule has 0 aromatic heterocycles. The lowest BCUT2D eigenvalue weighted by Gasteiger charge is -2.25. The molecule has 0 fully saturated rings. The third kappa shape index (κ3) is 5.87. The van der Waals surface area contributed by atoms with Crippen molar-refractivity contribution in [2.75, 3.05) is 36.6 Å². The second-order valence-electron chi connectivity index (χ2n) is 6.77. The number of anilines is 2. The summed E-state index contributed by atoms with van der Waals surface area (Å²) in [6.45, 7) is 4.05. The zero-order valence-corrected chi connectivity index (χ0v) is 18.3. The smallest absolute Gasteiger partial charge is 0.232 e. The third-order valence-corrected chi connectivity index (χ3v) is 5.87. The molecule has 2 aromatic rings. The van der Waals surface area contributed by atoms with Gasteiger partial charge in [-0.3, -0.25) is 9.10 Å². The fourth-order valence-corrected chi connectivity index (χ4v) is 3.99. The average molecular weight is 421 g/mol. The Bertz CT molecular complexity index is 973. The van der Waals surface area contributed by atoms with Crippen molar-refractivity contribution in [3.8, 4) is 11.5 Å². The van der Waals surface area contributed by atoms with E-state index in [0.717, 1.165) is 11.1 Å². The number of nitrogens with zero attached hydrogens (tertiary/aromatic N) is 1. The van der Waals surface area contributed by atoms with Crippen LogP contribution in [0, 0.1) is 13.8 Å². The number of carbonyl (C=O) groups excluding carboxylic acids is 1. The van der Waals surface area contributed by atoms with Crippen molar-refractivity contribution in [2.45, 2.75) is 26.7 Å². The Labute approximate surface area is 172 Å². The second kappa shape index (κ2) is 9.65. The molecular weight excluding hydrogens is 392 g/mol.